The first-order valence-corrected chi connectivity index (χ1v) is 17.2. The largest absolute Gasteiger partial charge is 0.457 e. The number of aliphatic hydroxyl groups is 1. The molecule has 1 aliphatic carbocycles. The summed E-state index contributed by atoms with van der Waals surface area (Å²) < 4.78 is 12.1. The molecule has 6 atom stereocenters. The van der Waals surface area contributed by atoms with Gasteiger partial charge in [-0.05, 0) is 62.3 Å². The summed E-state index contributed by atoms with van der Waals surface area (Å²) >= 11 is 0. The molecule has 8 heteroatoms. The van der Waals surface area contributed by atoms with Crippen molar-refractivity contribution >= 4 is 12.1 Å². The summed E-state index contributed by atoms with van der Waals surface area (Å²) in [5.41, 5.74) is 1.88. The Morgan fingerprint density at radius 2 is 1.78 bits per heavy atom. The number of hydrogen-bond donors (Lipinski definition) is 1. The number of ether oxygens (including phenoxy) is 2. The third-order valence-corrected chi connectivity index (χ3v) is 9.77. The maximum atomic E-state index is 13.4. The number of allylic oxidation sites excluding steroid dienone is 3. The first-order chi connectivity index (χ1) is 21.7. The van der Waals surface area contributed by atoms with Crippen LogP contribution >= 0.6 is 0 Å². The quantitative estimate of drug-likeness (QED) is 0.161. The molecule has 8 nitrogen and oxygen atoms in total. The summed E-state index contributed by atoms with van der Waals surface area (Å²) in [6.45, 7) is 11.3. The average molecular weight is 622 g/mol. The van der Waals surface area contributed by atoms with Crippen LogP contribution in [0.15, 0.2) is 60.3 Å². The summed E-state index contributed by atoms with van der Waals surface area (Å²) in [6, 6.07) is 6.53. The van der Waals surface area contributed by atoms with Gasteiger partial charge in [-0.1, -0.05) is 76.8 Å². The smallest absolute Gasteiger partial charge is 0.410 e. The van der Waals surface area contributed by atoms with E-state index in [1.807, 2.05) is 68.2 Å². The van der Waals surface area contributed by atoms with Gasteiger partial charge < -0.3 is 19.5 Å². The zero-order chi connectivity index (χ0) is 32.2. The van der Waals surface area contributed by atoms with E-state index in [-0.39, 0.29) is 30.3 Å². The van der Waals surface area contributed by atoms with E-state index in [0.717, 1.165) is 24.4 Å². The van der Waals surface area contributed by atoms with Crippen molar-refractivity contribution in [2.75, 3.05) is 26.2 Å². The van der Waals surface area contributed by atoms with Crippen LogP contribution in [0.2, 0.25) is 0 Å². The number of aromatic nitrogens is 1. The van der Waals surface area contributed by atoms with Crippen molar-refractivity contribution in [1.82, 2.24) is 14.8 Å². The highest BCUT2D eigenvalue weighted by molar-refractivity contribution is 5.70. The molecular formula is C37H55N3O5. The molecule has 0 bridgehead atoms. The second kappa shape index (κ2) is 17.7. The van der Waals surface area contributed by atoms with Crippen molar-refractivity contribution in [3.8, 4) is 0 Å². The molecule has 4 rings (SSSR count). The first kappa shape index (κ1) is 34.9. The normalized spacial score (nSPS) is 30.1. The third kappa shape index (κ3) is 10.8. The van der Waals surface area contributed by atoms with Crippen LogP contribution in [0.1, 0.15) is 97.1 Å². The van der Waals surface area contributed by atoms with Gasteiger partial charge in [-0.3, -0.25) is 14.7 Å². The lowest BCUT2D eigenvalue weighted by atomic mass is 9.92. The van der Waals surface area contributed by atoms with E-state index < -0.39 is 24.3 Å². The van der Waals surface area contributed by atoms with Gasteiger partial charge in [-0.2, -0.15) is 0 Å². The van der Waals surface area contributed by atoms with Gasteiger partial charge in [0.05, 0.1) is 12.5 Å². The standard InChI is InChI=1S/C37H55N3O5/c1-27(33-16-9-10-21-38-33)12-11-13-29(3)36-30(4)18-20-34(28(2)17-19-32(41)26-35(42)45-36)44-37(43)40-24-22-39(23-25-40)31-14-7-5-6-8-15-31/h9-13,16,18,20-21,27-28,30-32,34,36,41H,5-8,14-15,17,19,22-26H2,1-4H3/b12-11+,20-18+,29-13+/t27-,28+,30-,32-,34-,36+/m0/s1. The fourth-order valence-electron chi connectivity index (χ4n) is 6.75. The van der Waals surface area contributed by atoms with E-state index in [4.69, 9.17) is 9.47 Å². The lowest BCUT2D eigenvalue weighted by Crippen LogP contribution is -2.52. The number of rotatable bonds is 6. The number of cyclic esters (lactones) is 1. The zero-order valence-electron chi connectivity index (χ0n) is 27.9. The summed E-state index contributed by atoms with van der Waals surface area (Å²) in [5, 5.41) is 10.6. The van der Waals surface area contributed by atoms with Crippen LogP contribution in [0.4, 0.5) is 4.79 Å². The number of aliphatic hydroxyl groups excluding tert-OH is 1. The summed E-state index contributed by atoms with van der Waals surface area (Å²) in [4.78, 5) is 35.0. The highest BCUT2D eigenvalue weighted by Crippen LogP contribution is 2.26. The molecule has 1 N–H and O–H groups in total. The summed E-state index contributed by atoms with van der Waals surface area (Å²) in [6.07, 6.45) is 18.6. The molecule has 45 heavy (non-hydrogen) atoms. The van der Waals surface area contributed by atoms with E-state index in [1.54, 1.807) is 6.20 Å². The molecule has 248 valence electrons. The summed E-state index contributed by atoms with van der Waals surface area (Å²) in [7, 11) is 0. The first-order valence-electron chi connectivity index (χ1n) is 17.2. The zero-order valence-corrected chi connectivity index (χ0v) is 27.9. The summed E-state index contributed by atoms with van der Waals surface area (Å²) in [5.74, 6) is -0.454. The Morgan fingerprint density at radius 1 is 1.04 bits per heavy atom. The average Bonchev–Trinajstić information content (AvgIpc) is 3.34. The van der Waals surface area contributed by atoms with Crippen LogP contribution in [0.5, 0.6) is 0 Å². The lowest BCUT2D eigenvalue weighted by Gasteiger charge is -2.39. The van der Waals surface area contributed by atoms with Crippen molar-refractivity contribution in [1.29, 1.82) is 0 Å². The van der Waals surface area contributed by atoms with Crippen LogP contribution < -0.4 is 0 Å². The predicted molar refractivity (Wildman–Crippen MR) is 178 cm³/mol. The van der Waals surface area contributed by atoms with Crippen LogP contribution in [0.25, 0.3) is 0 Å². The second-order valence-corrected chi connectivity index (χ2v) is 13.4. The number of nitrogens with zero attached hydrogens (tertiary/aromatic N) is 3. The van der Waals surface area contributed by atoms with E-state index >= 15 is 0 Å². The maximum absolute atomic E-state index is 13.4. The van der Waals surface area contributed by atoms with Gasteiger partial charge in [-0.15, -0.1) is 0 Å². The predicted octanol–water partition coefficient (Wildman–Crippen LogP) is 6.82. The number of carbonyl (C=O) groups excluding carboxylic acids is 2. The van der Waals surface area contributed by atoms with Gasteiger partial charge in [0.2, 0.25) is 0 Å². The molecule has 1 saturated carbocycles. The fourth-order valence-corrected chi connectivity index (χ4v) is 6.75. The highest BCUT2D eigenvalue weighted by Gasteiger charge is 2.31. The van der Waals surface area contributed by atoms with Gasteiger partial charge in [0.25, 0.3) is 0 Å². The molecule has 3 aliphatic rings. The van der Waals surface area contributed by atoms with E-state index in [0.29, 0.717) is 32.0 Å². The number of carbonyl (C=O) groups is 2. The Hall–Kier alpha value is -2.97. The molecule has 0 aromatic carbocycles. The minimum Gasteiger partial charge on any atom is -0.457 e. The van der Waals surface area contributed by atoms with E-state index in [9.17, 15) is 14.7 Å². The van der Waals surface area contributed by atoms with Gasteiger partial charge in [-0.25, -0.2) is 4.79 Å². The molecular weight excluding hydrogens is 566 g/mol. The number of amides is 1. The molecule has 1 amide bonds. The molecule has 1 saturated heterocycles. The minimum absolute atomic E-state index is 0.0131. The number of piperazine rings is 1. The SMILES string of the molecule is C/C(=C\C=C\[C@H](C)c1ccccn1)[C@H]1OC(=O)C[C@@H](O)CC[C@@H](C)[C@@H](OC(=O)N2CCN(C3CCCCCC3)CC2)/C=C/[C@@H]1C. The molecule has 1 aromatic rings. The van der Waals surface area contributed by atoms with Gasteiger partial charge >= 0.3 is 12.1 Å². The Balaban J connectivity index is 1.42. The van der Waals surface area contributed by atoms with Crippen molar-refractivity contribution in [2.45, 2.75) is 116 Å². The number of pyridine rings is 1. The second-order valence-electron chi connectivity index (χ2n) is 13.4. The van der Waals surface area contributed by atoms with E-state index in [2.05, 4.69) is 22.9 Å². The minimum atomic E-state index is -0.809. The Morgan fingerprint density at radius 3 is 2.47 bits per heavy atom. The van der Waals surface area contributed by atoms with Crippen molar-refractivity contribution in [3.63, 3.8) is 0 Å². The lowest BCUT2D eigenvalue weighted by molar-refractivity contribution is -0.151. The van der Waals surface area contributed by atoms with Gasteiger partial charge in [0.15, 0.2) is 0 Å². The Kier molecular flexibility index (Phi) is 13.7. The molecule has 2 aliphatic heterocycles. The monoisotopic (exact) mass is 621 g/mol. The van der Waals surface area contributed by atoms with E-state index in [1.165, 1.54) is 38.5 Å². The van der Waals surface area contributed by atoms with Crippen molar-refractivity contribution in [2.24, 2.45) is 11.8 Å². The molecule has 3 heterocycles. The molecule has 0 spiro atoms. The van der Waals surface area contributed by atoms with Crippen LogP contribution in [-0.2, 0) is 14.3 Å². The van der Waals surface area contributed by atoms with Gasteiger partial charge in [0, 0.05) is 55.9 Å². The van der Waals surface area contributed by atoms with Crippen LogP contribution in [-0.4, -0.2) is 82.5 Å². The highest BCUT2D eigenvalue weighted by atomic mass is 16.6. The topological polar surface area (TPSA) is 92.2 Å². The number of esters is 1. The van der Waals surface area contributed by atoms with Crippen molar-refractivity contribution in [3.05, 3.63) is 66.0 Å². The van der Waals surface area contributed by atoms with Crippen LogP contribution in [0, 0.1) is 11.8 Å². The van der Waals surface area contributed by atoms with Crippen LogP contribution in [0.3, 0.4) is 0 Å². The molecule has 0 radical (unpaired) electrons. The third-order valence-electron chi connectivity index (χ3n) is 9.77. The molecule has 2 fully saturated rings. The molecule has 1 aromatic heterocycles. The number of hydrogen-bond acceptors (Lipinski definition) is 7. The Bertz CT molecular complexity index is 1150. The maximum Gasteiger partial charge on any atom is 0.410 e. The fraction of sp³-hybridized carbons (Fsp3) is 0.649. The Labute approximate surface area is 270 Å². The van der Waals surface area contributed by atoms with Crippen molar-refractivity contribution < 1.29 is 24.2 Å². The molecule has 0 unspecified atom stereocenters. The van der Waals surface area contributed by atoms with Gasteiger partial charge in [0.1, 0.15) is 12.2 Å².